The van der Waals surface area contributed by atoms with Crippen LogP contribution in [0.3, 0.4) is 0 Å². The molecule has 4 heteroatoms. The van der Waals surface area contributed by atoms with Crippen LogP contribution in [0, 0.1) is 5.41 Å². The Morgan fingerprint density at radius 2 is 2.05 bits per heavy atom. The zero-order valence-electron chi connectivity index (χ0n) is 12.5. The summed E-state index contributed by atoms with van der Waals surface area (Å²) in [5.41, 5.74) is 1.55. The molecule has 0 saturated carbocycles. The van der Waals surface area contributed by atoms with Crippen molar-refractivity contribution in [2.24, 2.45) is 5.41 Å². The molecule has 0 bridgehead atoms. The fourth-order valence-electron chi connectivity index (χ4n) is 2.97. The van der Waals surface area contributed by atoms with Crippen molar-refractivity contribution >= 4 is 21.8 Å². The zero-order valence-corrected chi connectivity index (χ0v) is 14.6. The summed E-state index contributed by atoms with van der Waals surface area (Å²) in [4.78, 5) is 12.7. The number of carboxylic acid groups (broad SMARTS) is 1. The third-order valence-corrected chi connectivity index (χ3v) is 9.09. The summed E-state index contributed by atoms with van der Waals surface area (Å²) in [7, 11) is 0. The van der Waals surface area contributed by atoms with E-state index in [1.165, 1.54) is 5.56 Å². The second-order valence-electron chi connectivity index (χ2n) is 6.33. The molecule has 1 fully saturated rings. The van der Waals surface area contributed by atoms with Crippen LogP contribution in [0.4, 0.5) is 4.79 Å². The van der Waals surface area contributed by atoms with Crippen LogP contribution in [0.2, 0.25) is 4.71 Å². The van der Waals surface area contributed by atoms with Gasteiger partial charge in [0.15, 0.2) is 0 Å². The van der Waals surface area contributed by atoms with Gasteiger partial charge in [0, 0.05) is 0 Å². The first kappa shape index (κ1) is 15.4. The Labute approximate surface area is 128 Å². The van der Waals surface area contributed by atoms with Crippen molar-refractivity contribution in [1.29, 1.82) is 0 Å². The zero-order chi connectivity index (χ0) is 14.8. The number of rotatable bonds is 3. The number of benzene rings is 1. The Balaban J connectivity index is 2.01. The van der Waals surface area contributed by atoms with Crippen molar-refractivity contribution in [3.63, 3.8) is 0 Å². The van der Waals surface area contributed by atoms with Crippen LogP contribution in [-0.4, -0.2) is 44.9 Å². The monoisotopic (exact) mass is 337 g/mol. The molecule has 2 rings (SSSR count). The summed E-state index contributed by atoms with van der Waals surface area (Å²) in [6, 6.07) is 10.7. The molecule has 1 aliphatic heterocycles. The molecular formula is C16H24AsNO2. The van der Waals surface area contributed by atoms with Crippen molar-refractivity contribution in [3.05, 3.63) is 35.9 Å². The van der Waals surface area contributed by atoms with Gasteiger partial charge in [0.1, 0.15) is 0 Å². The van der Waals surface area contributed by atoms with Gasteiger partial charge in [-0.3, -0.25) is 0 Å². The fraction of sp³-hybridized carbons (Fsp3) is 0.562. The molecule has 2 unspecified atom stereocenters. The standard InChI is InChI=1S/C16H24AsNO2/c1-12(13-7-5-4-6-8-13)17-14-9-10-18(15(19)20)11-16(14,2)3/h4-8,12,14,17H,9-11H2,1-3H3,(H,19,20)/t12-,14?/m0/s1. The maximum atomic E-state index is 11.1. The van der Waals surface area contributed by atoms with Gasteiger partial charge in [0.2, 0.25) is 0 Å². The average Bonchev–Trinajstić information content (AvgIpc) is 2.41. The number of likely N-dealkylation sites (tertiary alicyclic amines) is 1. The number of nitrogens with zero attached hydrogens (tertiary/aromatic N) is 1. The van der Waals surface area contributed by atoms with Crippen LogP contribution in [0.15, 0.2) is 30.3 Å². The maximum absolute atomic E-state index is 11.1. The van der Waals surface area contributed by atoms with Crippen molar-refractivity contribution in [1.82, 2.24) is 4.90 Å². The van der Waals surface area contributed by atoms with Crippen molar-refractivity contribution in [2.75, 3.05) is 13.1 Å². The van der Waals surface area contributed by atoms with E-state index >= 15 is 0 Å². The van der Waals surface area contributed by atoms with Crippen molar-refractivity contribution in [2.45, 2.75) is 36.6 Å². The van der Waals surface area contributed by atoms with Gasteiger partial charge in [-0.1, -0.05) is 0 Å². The van der Waals surface area contributed by atoms with Crippen LogP contribution >= 0.6 is 0 Å². The van der Waals surface area contributed by atoms with Crippen molar-refractivity contribution in [3.8, 4) is 0 Å². The molecule has 0 spiro atoms. The van der Waals surface area contributed by atoms with Gasteiger partial charge >= 0.3 is 128 Å². The molecule has 1 N–H and O–H groups in total. The van der Waals surface area contributed by atoms with Gasteiger partial charge in [0.05, 0.1) is 0 Å². The Morgan fingerprint density at radius 3 is 2.60 bits per heavy atom. The van der Waals surface area contributed by atoms with E-state index in [2.05, 4.69) is 51.1 Å². The third-order valence-electron chi connectivity index (χ3n) is 4.25. The molecule has 1 aromatic carbocycles. The molecule has 0 radical (unpaired) electrons. The normalized spacial score (nSPS) is 23.9. The summed E-state index contributed by atoms with van der Waals surface area (Å²) >= 11 is -0.138. The number of carbonyl (C=O) groups is 1. The molecule has 110 valence electrons. The molecular weight excluding hydrogens is 313 g/mol. The molecule has 1 saturated heterocycles. The van der Waals surface area contributed by atoms with E-state index in [-0.39, 0.29) is 21.2 Å². The molecule has 0 aliphatic carbocycles. The quantitative estimate of drug-likeness (QED) is 0.859. The van der Waals surface area contributed by atoms with E-state index in [0.717, 1.165) is 6.42 Å². The molecule has 1 amide bonds. The fourth-order valence-corrected chi connectivity index (χ4v) is 6.80. The van der Waals surface area contributed by atoms with E-state index < -0.39 is 6.09 Å². The van der Waals surface area contributed by atoms with E-state index in [1.807, 2.05) is 0 Å². The van der Waals surface area contributed by atoms with Crippen LogP contribution in [0.25, 0.3) is 0 Å². The molecule has 3 nitrogen and oxygen atoms in total. The minimum atomic E-state index is -0.771. The predicted octanol–water partition coefficient (Wildman–Crippen LogP) is 3.38. The number of amides is 1. The van der Waals surface area contributed by atoms with Crippen LogP contribution < -0.4 is 0 Å². The van der Waals surface area contributed by atoms with Gasteiger partial charge < -0.3 is 0 Å². The van der Waals surface area contributed by atoms with Gasteiger partial charge in [0.25, 0.3) is 0 Å². The second-order valence-corrected chi connectivity index (χ2v) is 10.3. The molecule has 20 heavy (non-hydrogen) atoms. The molecule has 1 aliphatic rings. The van der Waals surface area contributed by atoms with Crippen LogP contribution in [0.5, 0.6) is 0 Å². The first-order valence-electron chi connectivity index (χ1n) is 7.19. The molecule has 3 atom stereocenters. The van der Waals surface area contributed by atoms with Crippen LogP contribution in [0.1, 0.15) is 37.5 Å². The summed E-state index contributed by atoms with van der Waals surface area (Å²) in [6.45, 7) is 8.17. The summed E-state index contributed by atoms with van der Waals surface area (Å²) in [5, 5.41) is 9.15. The Kier molecular flexibility index (Phi) is 4.80. The molecule has 1 aromatic rings. The molecule has 1 heterocycles. The number of hydrogen-bond donors (Lipinski definition) is 1. The van der Waals surface area contributed by atoms with Gasteiger partial charge in [-0.15, -0.1) is 0 Å². The minimum absolute atomic E-state index is 0.111. The Hall–Kier alpha value is -0.952. The summed E-state index contributed by atoms with van der Waals surface area (Å²) < 4.78 is 1.35. The number of piperidine rings is 1. The predicted molar refractivity (Wildman–Crippen MR) is 83.8 cm³/mol. The second kappa shape index (κ2) is 6.22. The van der Waals surface area contributed by atoms with Gasteiger partial charge in [-0.05, 0) is 0 Å². The third kappa shape index (κ3) is 3.57. The van der Waals surface area contributed by atoms with Crippen LogP contribution in [-0.2, 0) is 0 Å². The molecule has 0 aromatic heterocycles. The SMILES string of the molecule is C[C@H]([AsH]C1CCN(C(=O)O)CC1(C)C)c1ccccc1. The van der Waals surface area contributed by atoms with Gasteiger partial charge in [-0.25, -0.2) is 0 Å². The Bertz CT molecular complexity index is 461. The Morgan fingerprint density at radius 1 is 1.40 bits per heavy atom. The summed E-state index contributed by atoms with van der Waals surface area (Å²) in [6.07, 6.45) is 0.254. The first-order chi connectivity index (χ1) is 9.40. The average molecular weight is 337 g/mol. The topological polar surface area (TPSA) is 40.5 Å². The van der Waals surface area contributed by atoms with Crippen molar-refractivity contribution < 1.29 is 9.90 Å². The number of hydrogen-bond acceptors (Lipinski definition) is 1. The van der Waals surface area contributed by atoms with E-state index in [4.69, 9.17) is 5.11 Å². The van der Waals surface area contributed by atoms with E-state index in [0.29, 0.717) is 22.5 Å². The van der Waals surface area contributed by atoms with E-state index in [1.54, 1.807) is 4.90 Å². The van der Waals surface area contributed by atoms with Gasteiger partial charge in [-0.2, -0.15) is 0 Å². The van der Waals surface area contributed by atoms with E-state index in [9.17, 15) is 4.79 Å². The first-order valence-corrected chi connectivity index (χ1v) is 9.61. The summed E-state index contributed by atoms with van der Waals surface area (Å²) in [5.74, 6) is 0.